The lowest BCUT2D eigenvalue weighted by atomic mass is 10.2. The molecule has 5 nitrogen and oxygen atoms in total. The lowest BCUT2D eigenvalue weighted by Gasteiger charge is -2.05. The number of hydrogen-bond acceptors (Lipinski definition) is 5. The van der Waals surface area contributed by atoms with Gasteiger partial charge in [-0.2, -0.15) is 4.57 Å². The lowest BCUT2D eigenvalue weighted by Crippen LogP contribution is -2.28. The van der Waals surface area contributed by atoms with Crippen LogP contribution in [0.2, 0.25) is 5.02 Å². The van der Waals surface area contributed by atoms with Crippen molar-refractivity contribution in [3.05, 3.63) is 53.1 Å². The van der Waals surface area contributed by atoms with Crippen LogP contribution in [-0.2, 0) is 17.2 Å². The second-order valence-electron chi connectivity index (χ2n) is 5.01. The topological polar surface area (TPSA) is 74.2 Å². The van der Waals surface area contributed by atoms with Gasteiger partial charge < -0.3 is 8.97 Å². The summed E-state index contributed by atoms with van der Waals surface area (Å²) in [6, 6.07) is 11.4. The summed E-state index contributed by atoms with van der Waals surface area (Å²) in [6.45, 7) is 1.82. The number of fused-ring (bicyclic) bond motifs is 1. The fraction of sp³-hybridized carbons (Fsp3) is 0.188. The largest absolute Gasteiger partial charge is 0.744 e. The van der Waals surface area contributed by atoms with Gasteiger partial charge in [-0.3, -0.25) is 0 Å². The second-order valence-corrected chi connectivity index (χ2v) is 7.58. The molecule has 0 unspecified atom stereocenters. The van der Waals surface area contributed by atoms with Gasteiger partial charge in [-0.1, -0.05) is 29.3 Å². The van der Waals surface area contributed by atoms with Gasteiger partial charge in [-0.15, -0.1) is 0 Å². The number of nitrogens with zero attached hydrogens (tertiary/aromatic N) is 1. The van der Waals surface area contributed by atoms with Gasteiger partial charge in [0.15, 0.2) is 0 Å². The number of rotatable bonds is 2. The summed E-state index contributed by atoms with van der Waals surface area (Å²) in [4.78, 5) is -0.178. The van der Waals surface area contributed by atoms with Crippen LogP contribution in [0.4, 0.5) is 0 Å². The molecule has 0 saturated carbocycles. The zero-order valence-corrected chi connectivity index (χ0v) is 15.7. The smallest absolute Gasteiger partial charge is 0.411 e. The van der Waals surface area contributed by atoms with Crippen LogP contribution < -0.4 is 4.57 Å². The highest BCUT2D eigenvalue weighted by atomic mass is 35.5. The molecule has 3 aromatic rings. The summed E-state index contributed by atoms with van der Waals surface area (Å²) in [5.41, 5.74) is 2.82. The molecule has 0 N–H and O–H groups in total. The van der Waals surface area contributed by atoms with Crippen LogP contribution in [-0.4, -0.2) is 19.2 Å². The van der Waals surface area contributed by atoms with Crippen molar-refractivity contribution in [1.82, 2.24) is 0 Å². The van der Waals surface area contributed by atoms with E-state index in [0.29, 0.717) is 0 Å². The third-order valence-corrected chi connectivity index (χ3v) is 5.03. The zero-order valence-electron chi connectivity index (χ0n) is 13.3. The normalized spacial score (nSPS) is 11.2. The number of aromatic nitrogens is 1. The van der Waals surface area contributed by atoms with E-state index in [-0.39, 0.29) is 4.90 Å². The second kappa shape index (κ2) is 7.57. The predicted molar refractivity (Wildman–Crippen MR) is 93.3 cm³/mol. The SMILES string of the molecule is CSc1oc2ccc(Cl)cc2[n+]1C.Cc1ccc(S(=O)(=O)[O-])cc1. The standard InChI is InChI=1S/C9H9ClNOS.C7H8O3S/c1-11-7-5-6(10)3-4-8(7)12-9(11)13-2;1-6-2-4-7(5-3-6)11(8,9)10/h3-5H,1-2H3;2-5H,1H3,(H,8,9,10)/q+1;/p-1. The van der Waals surface area contributed by atoms with Crippen molar-refractivity contribution in [3.63, 3.8) is 0 Å². The Labute approximate surface area is 150 Å². The number of benzene rings is 2. The first kappa shape index (κ1) is 18.8. The van der Waals surface area contributed by atoms with Crippen LogP contribution in [0.1, 0.15) is 5.56 Å². The molecule has 0 saturated heterocycles. The van der Waals surface area contributed by atoms with Gasteiger partial charge in [-0.05, 0) is 49.2 Å². The molecule has 0 fully saturated rings. The van der Waals surface area contributed by atoms with Crippen molar-refractivity contribution >= 4 is 44.6 Å². The molecule has 0 aliphatic rings. The Morgan fingerprint density at radius 1 is 1.17 bits per heavy atom. The molecule has 8 heteroatoms. The van der Waals surface area contributed by atoms with Crippen molar-refractivity contribution in [2.45, 2.75) is 17.0 Å². The van der Waals surface area contributed by atoms with E-state index < -0.39 is 10.1 Å². The lowest BCUT2D eigenvalue weighted by molar-refractivity contribution is -0.692. The van der Waals surface area contributed by atoms with Gasteiger partial charge in [-0.25, -0.2) is 8.42 Å². The molecule has 0 bridgehead atoms. The summed E-state index contributed by atoms with van der Waals surface area (Å²) in [7, 11) is -2.30. The van der Waals surface area contributed by atoms with Crippen LogP contribution in [0.15, 0.2) is 57.0 Å². The summed E-state index contributed by atoms with van der Waals surface area (Å²) in [5.74, 6) is 0. The van der Waals surface area contributed by atoms with E-state index in [4.69, 9.17) is 16.0 Å². The highest BCUT2D eigenvalue weighted by Crippen LogP contribution is 2.21. The Morgan fingerprint density at radius 3 is 2.33 bits per heavy atom. The van der Waals surface area contributed by atoms with Crippen LogP contribution in [0.5, 0.6) is 0 Å². The van der Waals surface area contributed by atoms with Crippen molar-refractivity contribution in [2.24, 2.45) is 7.05 Å². The van der Waals surface area contributed by atoms with E-state index >= 15 is 0 Å². The highest BCUT2D eigenvalue weighted by molar-refractivity contribution is 7.98. The van der Waals surface area contributed by atoms with E-state index in [1.807, 2.05) is 43.0 Å². The summed E-state index contributed by atoms with van der Waals surface area (Å²) < 4.78 is 38.7. The number of oxazole rings is 1. The van der Waals surface area contributed by atoms with E-state index in [9.17, 15) is 13.0 Å². The minimum absolute atomic E-state index is 0.178. The Bertz CT molecular complexity index is 950. The highest BCUT2D eigenvalue weighted by Gasteiger charge is 2.17. The maximum absolute atomic E-state index is 10.4. The van der Waals surface area contributed by atoms with Crippen molar-refractivity contribution in [1.29, 1.82) is 0 Å². The summed E-state index contributed by atoms with van der Waals surface area (Å²) in [6.07, 6.45) is 1.99. The van der Waals surface area contributed by atoms with Crippen LogP contribution in [0.25, 0.3) is 11.1 Å². The molecule has 2 aromatic carbocycles. The third kappa shape index (κ3) is 4.51. The molecular formula is C16H16ClNO4S2. The van der Waals surface area contributed by atoms with Gasteiger partial charge in [0.05, 0.1) is 4.90 Å². The molecule has 24 heavy (non-hydrogen) atoms. The quantitative estimate of drug-likeness (QED) is 0.383. The van der Waals surface area contributed by atoms with Gasteiger partial charge in [0.1, 0.15) is 17.2 Å². The summed E-state index contributed by atoms with van der Waals surface area (Å²) >= 11 is 7.46. The third-order valence-electron chi connectivity index (χ3n) is 3.24. The molecular weight excluding hydrogens is 370 g/mol. The van der Waals surface area contributed by atoms with Crippen LogP contribution in [0.3, 0.4) is 0 Å². The van der Waals surface area contributed by atoms with E-state index in [0.717, 1.165) is 26.9 Å². The molecule has 0 radical (unpaired) electrons. The molecule has 128 valence electrons. The average molecular weight is 386 g/mol. The van der Waals surface area contributed by atoms with Crippen LogP contribution in [0, 0.1) is 6.92 Å². The fourth-order valence-corrected chi connectivity index (χ4v) is 3.16. The maximum Gasteiger partial charge on any atom is 0.411 e. The Morgan fingerprint density at radius 2 is 1.79 bits per heavy atom. The molecule has 0 atom stereocenters. The first-order valence-corrected chi connectivity index (χ1v) is 9.88. The maximum atomic E-state index is 10.4. The van der Waals surface area contributed by atoms with Crippen molar-refractivity contribution in [3.8, 4) is 0 Å². The molecule has 0 aliphatic heterocycles. The van der Waals surface area contributed by atoms with Crippen molar-refractivity contribution < 1.29 is 22.0 Å². The minimum Gasteiger partial charge on any atom is -0.744 e. The number of aryl methyl sites for hydroxylation is 2. The molecule has 0 aliphatic carbocycles. The number of hydrogen-bond donors (Lipinski definition) is 0. The molecule has 3 rings (SSSR count). The Balaban J connectivity index is 0.000000177. The van der Waals surface area contributed by atoms with E-state index in [1.165, 1.54) is 12.1 Å². The Kier molecular flexibility index (Phi) is 5.92. The molecule has 1 heterocycles. The van der Waals surface area contributed by atoms with Gasteiger partial charge in [0, 0.05) is 11.1 Å². The van der Waals surface area contributed by atoms with Gasteiger partial charge in [0.2, 0.25) is 5.58 Å². The average Bonchev–Trinajstić information content (AvgIpc) is 2.83. The van der Waals surface area contributed by atoms with E-state index in [1.54, 1.807) is 23.9 Å². The predicted octanol–water partition coefficient (Wildman–Crippen LogP) is 3.53. The number of halogens is 1. The minimum atomic E-state index is -4.27. The monoisotopic (exact) mass is 385 g/mol. The summed E-state index contributed by atoms with van der Waals surface area (Å²) in [5, 5.41) is 1.62. The Hall–Kier alpha value is -1.54. The van der Waals surface area contributed by atoms with Crippen molar-refractivity contribution in [2.75, 3.05) is 6.26 Å². The van der Waals surface area contributed by atoms with E-state index in [2.05, 4.69) is 0 Å². The first-order chi connectivity index (χ1) is 11.2. The molecule has 1 aromatic heterocycles. The first-order valence-electron chi connectivity index (χ1n) is 6.87. The fourth-order valence-electron chi connectivity index (χ4n) is 1.98. The van der Waals surface area contributed by atoms with Gasteiger partial charge in [0.25, 0.3) is 5.52 Å². The molecule has 0 spiro atoms. The number of thioether (sulfide) groups is 1. The molecule has 0 amide bonds. The van der Waals surface area contributed by atoms with Gasteiger partial charge >= 0.3 is 5.22 Å². The van der Waals surface area contributed by atoms with Crippen LogP contribution >= 0.6 is 23.4 Å². The zero-order chi connectivity index (χ0) is 17.9.